The predicted octanol–water partition coefficient (Wildman–Crippen LogP) is 3.06. The van der Waals surface area contributed by atoms with Gasteiger partial charge in [0.05, 0.1) is 15.5 Å². The molecule has 0 saturated heterocycles. The molecule has 2 rings (SSSR count). The predicted molar refractivity (Wildman–Crippen MR) is 85.4 cm³/mol. The first kappa shape index (κ1) is 16.7. The van der Waals surface area contributed by atoms with Gasteiger partial charge in [0.15, 0.2) is 0 Å². The second-order valence-electron chi connectivity index (χ2n) is 4.96. The number of nitrogens with one attached hydrogen (secondary N) is 1. The third-order valence-electron chi connectivity index (χ3n) is 2.64. The van der Waals surface area contributed by atoms with E-state index in [0.29, 0.717) is 5.92 Å². The van der Waals surface area contributed by atoms with Crippen molar-refractivity contribution < 1.29 is 8.42 Å². The molecule has 0 unspecified atom stereocenters. The van der Waals surface area contributed by atoms with Crippen LogP contribution in [-0.2, 0) is 16.4 Å². The van der Waals surface area contributed by atoms with Gasteiger partial charge in [-0.2, -0.15) is 5.26 Å². The summed E-state index contributed by atoms with van der Waals surface area (Å²) in [6.45, 7) is 4.09. The molecule has 0 saturated carbocycles. The number of nitriles is 1. The summed E-state index contributed by atoms with van der Waals surface area (Å²) in [7, 11) is -3.81. The molecule has 0 aliphatic heterocycles. The highest BCUT2D eigenvalue weighted by molar-refractivity contribution is 7.93. The van der Waals surface area contributed by atoms with Crippen LogP contribution in [0.4, 0.5) is 5.13 Å². The first-order chi connectivity index (χ1) is 10.3. The van der Waals surface area contributed by atoms with Gasteiger partial charge in [0.25, 0.3) is 10.0 Å². The van der Waals surface area contributed by atoms with E-state index < -0.39 is 10.0 Å². The molecule has 0 spiro atoms. The highest BCUT2D eigenvalue weighted by atomic mass is 35.5. The standard InChI is InChI=1S/C13H13ClN4O2S2/c1-8(2)5-12-16-17-13(21-12)18-22(19,20)10-4-3-9(7-15)11(14)6-10/h3-4,6,8H,5H2,1-2H3,(H,17,18). The van der Waals surface area contributed by atoms with Gasteiger partial charge in [0.1, 0.15) is 11.1 Å². The summed E-state index contributed by atoms with van der Waals surface area (Å²) in [5.74, 6) is 0.412. The number of aromatic nitrogens is 2. The lowest BCUT2D eigenvalue weighted by atomic mass is 10.1. The number of anilines is 1. The monoisotopic (exact) mass is 356 g/mol. The van der Waals surface area contributed by atoms with E-state index in [1.165, 1.54) is 29.5 Å². The maximum absolute atomic E-state index is 12.3. The van der Waals surface area contributed by atoms with Crippen LogP contribution in [0.25, 0.3) is 0 Å². The van der Waals surface area contributed by atoms with Crippen LogP contribution in [0.2, 0.25) is 5.02 Å². The van der Waals surface area contributed by atoms with Crippen molar-refractivity contribution in [2.45, 2.75) is 25.2 Å². The number of nitrogens with zero attached hydrogens (tertiary/aromatic N) is 3. The molecule has 0 radical (unpaired) electrons. The van der Waals surface area contributed by atoms with E-state index in [-0.39, 0.29) is 20.6 Å². The normalized spacial score (nSPS) is 11.4. The first-order valence-corrected chi connectivity index (χ1v) is 9.04. The zero-order valence-corrected chi connectivity index (χ0v) is 14.3. The average Bonchev–Trinajstić information content (AvgIpc) is 2.84. The van der Waals surface area contributed by atoms with Gasteiger partial charge in [-0.15, -0.1) is 10.2 Å². The van der Waals surface area contributed by atoms with Gasteiger partial charge in [-0.05, 0) is 24.1 Å². The van der Waals surface area contributed by atoms with Crippen molar-refractivity contribution in [1.29, 1.82) is 5.26 Å². The Labute approximate surface area is 137 Å². The lowest BCUT2D eigenvalue weighted by Crippen LogP contribution is -2.12. The van der Waals surface area contributed by atoms with Crippen LogP contribution < -0.4 is 4.72 Å². The zero-order chi connectivity index (χ0) is 16.3. The average molecular weight is 357 g/mol. The van der Waals surface area contributed by atoms with Gasteiger partial charge in [-0.3, -0.25) is 4.72 Å². The van der Waals surface area contributed by atoms with Crippen molar-refractivity contribution >= 4 is 38.1 Å². The molecular weight excluding hydrogens is 344 g/mol. The molecule has 22 heavy (non-hydrogen) atoms. The highest BCUT2D eigenvalue weighted by Gasteiger charge is 2.18. The lowest BCUT2D eigenvalue weighted by molar-refractivity contribution is 0.601. The minimum Gasteiger partial charge on any atom is -0.253 e. The highest BCUT2D eigenvalue weighted by Crippen LogP contribution is 2.24. The number of hydrogen-bond donors (Lipinski definition) is 1. The van der Waals surface area contributed by atoms with Gasteiger partial charge in [-0.1, -0.05) is 36.8 Å². The summed E-state index contributed by atoms with van der Waals surface area (Å²) in [5, 5.41) is 17.6. The minimum atomic E-state index is -3.81. The molecule has 1 aromatic heterocycles. The number of rotatable bonds is 5. The maximum Gasteiger partial charge on any atom is 0.263 e. The van der Waals surface area contributed by atoms with Gasteiger partial charge >= 0.3 is 0 Å². The summed E-state index contributed by atoms with van der Waals surface area (Å²) in [6.07, 6.45) is 0.738. The van der Waals surface area contributed by atoms with Crippen LogP contribution in [0, 0.1) is 17.2 Å². The molecule has 0 amide bonds. The smallest absolute Gasteiger partial charge is 0.253 e. The van der Waals surface area contributed by atoms with Crippen molar-refractivity contribution in [3.8, 4) is 6.07 Å². The second-order valence-corrected chi connectivity index (χ2v) is 8.11. The molecule has 1 aromatic carbocycles. The molecule has 9 heteroatoms. The molecule has 0 aliphatic rings. The third kappa shape index (κ3) is 3.94. The zero-order valence-electron chi connectivity index (χ0n) is 11.9. The second kappa shape index (κ2) is 6.60. The van der Waals surface area contributed by atoms with E-state index in [1.807, 2.05) is 19.9 Å². The van der Waals surface area contributed by atoms with E-state index in [4.69, 9.17) is 16.9 Å². The lowest BCUT2D eigenvalue weighted by Gasteiger charge is -2.05. The Hall–Kier alpha value is -1.69. The Bertz CT molecular complexity index is 825. The molecule has 116 valence electrons. The van der Waals surface area contributed by atoms with Crippen LogP contribution in [0.15, 0.2) is 23.1 Å². The summed E-state index contributed by atoms with van der Waals surface area (Å²) in [6, 6.07) is 5.80. The van der Waals surface area contributed by atoms with Gasteiger partial charge in [0, 0.05) is 6.42 Å². The molecule has 0 fully saturated rings. The topological polar surface area (TPSA) is 95.7 Å². The quantitative estimate of drug-likeness (QED) is 0.888. The van der Waals surface area contributed by atoms with E-state index in [9.17, 15) is 8.42 Å². The summed E-state index contributed by atoms with van der Waals surface area (Å²) in [4.78, 5) is -0.0305. The third-order valence-corrected chi connectivity index (χ3v) is 5.28. The molecule has 6 nitrogen and oxygen atoms in total. The Morgan fingerprint density at radius 2 is 2.14 bits per heavy atom. The van der Waals surface area contributed by atoms with E-state index in [1.54, 1.807) is 0 Å². The Morgan fingerprint density at radius 3 is 2.73 bits per heavy atom. The van der Waals surface area contributed by atoms with Gasteiger partial charge in [0.2, 0.25) is 5.13 Å². The Kier molecular flexibility index (Phi) is 5.01. The van der Waals surface area contributed by atoms with Crippen LogP contribution in [0.1, 0.15) is 24.4 Å². The van der Waals surface area contributed by atoms with E-state index >= 15 is 0 Å². The van der Waals surface area contributed by atoms with Crippen molar-refractivity contribution in [2.75, 3.05) is 4.72 Å². The van der Waals surface area contributed by atoms with Crippen molar-refractivity contribution in [1.82, 2.24) is 10.2 Å². The SMILES string of the molecule is CC(C)Cc1nnc(NS(=O)(=O)c2ccc(C#N)c(Cl)c2)s1. The number of halogens is 1. The van der Waals surface area contributed by atoms with Crippen molar-refractivity contribution in [3.05, 3.63) is 33.8 Å². The summed E-state index contributed by atoms with van der Waals surface area (Å²) >= 11 is 7.06. The molecule has 0 aliphatic carbocycles. The molecule has 0 atom stereocenters. The Balaban J connectivity index is 2.22. The maximum atomic E-state index is 12.3. The van der Waals surface area contributed by atoms with Gasteiger partial charge in [-0.25, -0.2) is 8.42 Å². The van der Waals surface area contributed by atoms with Gasteiger partial charge < -0.3 is 0 Å². The van der Waals surface area contributed by atoms with Crippen molar-refractivity contribution in [2.24, 2.45) is 5.92 Å². The van der Waals surface area contributed by atoms with Crippen LogP contribution >= 0.6 is 22.9 Å². The minimum absolute atomic E-state index is 0.0305. The fourth-order valence-electron chi connectivity index (χ4n) is 1.65. The largest absolute Gasteiger partial charge is 0.263 e. The van der Waals surface area contributed by atoms with Crippen LogP contribution in [-0.4, -0.2) is 18.6 Å². The van der Waals surface area contributed by atoms with E-state index in [0.717, 1.165) is 11.4 Å². The van der Waals surface area contributed by atoms with Crippen molar-refractivity contribution in [3.63, 3.8) is 0 Å². The number of benzene rings is 1. The fourth-order valence-corrected chi connectivity index (χ4v) is 4.15. The van der Waals surface area contributed by atoms with Crippen LogP contribution in [0.5, 0.6) is 0 Å². The Morgan fingerprint density at radius 1 is 1.41 bits per heavy atom. The summed E-state index contributed by atoms with van der Waals surface area (Å²) in [5.41, 5.74) is 0.218. The molecule has 2 aromatic rings. The first-order valence-electron chi connectivity index (χ1n) is 6.36. The fraction of sp³-hybridized carbons (Fsp3) is 0.308. The van der Waals surface area contributed by atoms with E-state index in [2.05, 4.69) is 14.9 Å². The van der Waals surface area contributed by atoms with Crippen LogP contribution in [0.3, 0.4) is 0 Å². The molecule has 0 bridgehead atoms. The summed E-state index contributed by atoms with van der Waals surface area (Å²) < 4.78 is 26.9. The molecule has 1 heterocycles. The molecule has 1 N–H and O–H groups in total. The number of sulfonamides is 1. The number of hydrogen-bond acceptors (Lipinski definition) is 6. The molecular formula is C13H13ClN4O2S2.